The third kappa shape index (κ3) is 4.61. The first kappa shape index (κ1) is 24.7. The second-order valence-electron chi connectivity index (χ2n) is 9.17. The molecule has 2 fully saturated rings. The molecule has 35 heavy (non-hydrogen) atoms. The minimum Gasteiger partial charge on any atom is -0.355 e. The van der Waals surface area contributed by atoms with E-state index in [9.17, 15) is 13.9 Å². The second kappa shape index (κ2) is 10.2. The van der Waals surface area contributed by atoms with Crippen LogP contribution in [0.5, 0.6) is 0 Å². The summed E-state index contributed by atoms with van der Waals surface area (Å²) in [6.07, 6.45) is 7.17. The van der Waals surface area contributed by atoms with Gasteiger partial charge in [-0.2, -0.15) is 0 Å². The molecular weight excluding hydrogens is 484 g/mol. The number of anilines is 1. The Balaban J connectivity index is 1.59. The van der Waals surface area contributed by atoms with Gasteiger partial charge in [-0.1, -0.05) is 20.3 Å². The van der Waals surface area contributed by atoms with Gasteiger partial charge in [-0.15, -0.1) is 22.1 Å². The first-order valence-corrected chi connectivity index (χ1v) is 14.8. The van der Waals surface area contributed by atoms with Crippen LogP contribution in [0.2, 0.25) is 0 Å². The van der Waals surface area contributed by atoms with E-state index in [1.807, 2.05) is 11.4 Å². The van der Waals surface area contributed by atoms with E-state index < -0.39 is 10.8 Å². The summed E-state index contributed by atoms with van der Waals surface area (Å²) in [5.74, 6) is 0.826. The topological polar surface area (TPSA) is 98.0 Å². The lowest BCUT2D eigenvalue weighted by atomic mass is 10.2. The van der Waals surface area contributed by atoms with Crippen LogP contribution in [0.4, 0.5) is 5.82 Å². The lowest BCUT2D eigenvalue weighted by Gasteiger charge is -2.44. The van der Waals surface area contributed by atoms with Gasteiger partial charge in [-0.3, -0.25) is 23.4 Å². The molecule has 0 aromatic carbocycles. The molecule has 0 amide bonds. The molecule has 1 atom stereocenters. The van der Waals surface area contributed by atoms with Crippen molar-refractivity contribution in [1.82, 2.24) is 23.7 Å². The molecule has 3 aromatic heterocycles. The number of rotatable bonds is 7. The zero-order valence-corrected chi connectivity index (χ0v) is 22.0. The molecule has 0 radical (unpaired) electrons. The van der Waals surface area contributed by atoms with E-state index in [-0.39, 0.29) is 10.3 Å². The van der Waals surface area contributed by atoms with Crippen molar-refractivity contribution >= 4 is 39.0 Å². The first-order valence-electron chi connectivity index (χ1n) is 12.4. The highest BCUT2D eigenvalue weighted by Gasteiger charge is 2.32. The minimum atomic E-state index is -3.41. The van der Waals surface area contributed by atoms with Crippen molar-refractivity contribution in [3.63, 3.8) is 0 Å². The number of hydrogen-bond acceptors (Lipinski definition) is 9. The number of aromatic nitrogens is 3. The predicted octanol–water partition coefficient (Wildman–Crippen LogP) is 4.27. The van der Waals surface area contributed by atoms with Gasteiger partial charge in [0.05, 0.1) is 5.39 Å². The Morgan fingerprint density at radius 1 is 1.14 bits per heavy atom. The van der Waals surface area contributed by atoms with Crippen molar-refractivity contribution in [2.24, 2.45) is 0 Å². The summed E-state index contributed by atoms with van der Waals surface area (Å²) < 4.78 is 25.9. The molecule has 2 N–H and O–H groups in total. The Labute approximate surface area is 211 Å². The Bertz CT molecular complexity index is 1220. The van der Waals surface area contributed by atoms with Crippen LogP contribution in [0.3, 0.4) is 0 Å². The van der Waals surface area contributed by atoms with Gasteiger partial charge in [0, 0.05) is 50.0 Å². The number of hydrogen-bond donors (Lipinski definition) is 2. The van der Waals surface area contributed by atoms with Gasteiger partial charge < -0.3 is 4.90 Å². The van der Waals surface area contributed by atoms with Crippen LogP contribution < -0.4 is 10.3 Å². The first-order chi connectivity index (χ1) is 16.9. The van der Waals surface area contributed by atoms with E-state index in [0.29, 0.717) is 35.3 Å². The van der Waals surface area contributed by atoms with Crippen molar-refractivity contribution in [2.45, 2.75) is 50.5 Å². The molecule has 2 aliphatic rings. The Morgan fingerprint density at radius 2 is 1.91 bits per heavy atom. The van der Waals surface area contributed by atoms with Crippen LogP contribution in [0.25, 0.3) is 16.2 Å². The minimum absolute atomic E-state index is 0.0134. The largest absolute Gasteiger partial charge is 0.355 e. The summed E-state index contributed by atoms with van der Waals surface area (Å²) in [4.78, 5) is 27.7. The lowest BCUT2D eigenvalue weighted by molar-refractivity contribution is 0.232. The van der Waals surface area contributed by atoms with Crippen LogP contribution in [0.1, 0.15) is 39.5 Å². The van der Waals surface area contributed by atoms with Gasteiger partial charge in [0.1, 0.15) is 10.7 Å². The SMILES string of the molecule is CCN(CC)C1CCN(c2ccc3c(=O)c(S(O)(O)N4CCCCC4)cn(-c4nccs4)c3n2)C1. The molecule has 5 rings (SSSR count). The van der Waals surface area contributed by atoms with Crippen molar-refractivity contribution in [3.8, 4) is 5.13 Å². The average molecular weight is 519 g/mol. The summed E-state index contributed by atoms with van der Waals surface area (Å²) >= 11 is 1.42. The quantitative estimate of drug-likeness (QED) is 0.479. The maximum Gasteiger partial charge on any atom is 0.215 e. The third-order valence-electron chi connectivity index (χ3n) is 7.21. The van der Waals surface area contributed by atoms with Crippen molar-refractivity contribution in [3.05, 3.63) is 40.1 Å². The Hall–Kier alpha value is -2.02. The van der Waals surface area contributed by atoms with Crippen LogP contribution in [-0.4, -0.2) is 78.2 Å². The van der Waals surface area contributed by atoms with E-state index in [4.69, 9.17) is 4.98 Å². The molecule has 2 saturated heterocycles. The summed E-state index contributed by atoms with van der Waals surface area (Å²) in [6.45, 7) is 9.38. The van der Waals surface area contributed by atoms with E-state index >= 15 is 0 Å². The third-order valence-corrected chi connectivity index (χ3v) is 9.95. The fraction of sp³-hybridized carbons (Fsp3) is 0.542. The number of thiazole rings is 1. The fourth-order valence-electron chi connectivity index (χ4n) is 5.27. The molecule has 3 aromatic rings. The van der Waals surface area contributed by atoms with Crippen LogP contribution in [0, 0.1) is 0 Å². The number of nitrogens with zero attached hydrogens (tertiary/aromatic N) is 6. The highest BCUT2D eigenvalue weighted by atomic mass is 32.3. The zero-order chi connectivity index (χ0) is 24.6. The van der Waals surface area contributed by atoms with Gasteiger partial charge >= 0.3 is 0 Å². The number of fused-ring (bicyclic) bond motifs is 1. The Morgan fingerprint density at radius 3 is 2.60 bits per heavy atom. The smallest absolute Gasteiger partial charge is 0.215 e. The number of piperidine rings is 1. The van der Waals surface area contributed by atoms with Gasteiger partial charge in [-0.05, 0) is 44.5 Å². The molecule has 5 heterocycles. The maximum absolute atomic E-state index is 13.6. The molecule has 9 nitrogen and oxygen atoms in total. The van der Waals surface area contributed by atoms with Gasteiger partial charge in [-0.25, -0.2) is 14.3 Å². The van der Waals surface area contributed by atoms with E-state index in [1.165, 1.54) is 11.3 Å². The molecule has 0 bridgehead atoms. The standard InChI is InChI=1S/C24H34N6O3S2/c1-3-27(4-2)18-10-14-28(16-18)21-9-8-19-22(31)20(35(32,33)29-12-6-5-7-13-29)17-30(23(19)26-21)24-25-11-15-34-24/h8-9,11,15,17-18,32-33H,3-7,10,12-14,16H2,1-2H3. The average Bonchev–Trinajstić information content (AvgIpc) is 3.58. The molecule has 0 saturated carbocycles. The summed E-state index contributed by atoms with van der Waals surface area (Å²) in [6, 6.07) is 4.16. The maximum atomic E-state index is 13.6. The Kier molecular flexibility index (Phi) is 7.16. The monoisotopic (exact) mass is 518 g/mol. The fourth-order valence-corrected chi connectivity index (χ4v) is 7.54. The highest BCUT2D eigenvalue weighted by Crippen LogP contribution is 2.51. The molecular formula is C24H34N6O3S2. The van der Waals surface area contributed by atoms with Crippen LogP contribution in [-0.2, 0) is 0 Å². The highest BCUT2D eigenvalue weighted by molar-refractivity contribution is 8.22. The molecule has 0 aliphatic carbocycles. The number of pyridine rings is 2. The van der Waals surface area contributed by atoms with Crippen LogP contribution >= 0.6 is 22.1 Å². The predicted molar refractivity (Wildman–Crippen MR) is 143 cm³/mol. The van der Waals surface area contributed by atoms with E-state index in [2.05, 4.69) is 28.6 Å². The van der Waals surface area contributed by atoms with Gasteiger partial charge in [0.25, 0.3) is 0 Å². The second-order valence-corrected chi connectivity index (χ2v) is 12.0. The molecule has 11 heteroatoms. The van der Waals surface area contributed by atoms with E-state index in [1.54, 1.807) is 27.3 Å². The molecule has 0 spiro atoms. The van der Waals surface area contributed by atoms with Gasteiger partial charge in [0.15, 0.2) is 10.8 Å². The zero-order valence-electron chi connectivity index (χ0n) is 20.3. The number of likely N-dealkylation sites (N-methyl/N-ethyl adjacent to an activating group) is 1. The summed E-state index contributed by atoms with van der Waals surface area (Å²) in [7, 11) is -3.41. The van der Waals surface area contributed by atoms with Crippen LogP contribution in [0.15, 0.2) is 39.6 Å². The van der Waals surface area contributed by atoms with Crippen molar-refractivity contribution < 1.29 is 9.11 Å². The normalized spacial score (nSPS) is 20.3. The molecule has 2 aliphatic heterocycles. The molecule has 1 unspecified atom stereocenters. The summed E-state index contributed by atoms with van der Waals surface area (Å²) in [5.41, 5.74) is 0.117. The lowest BCUT2D eigenvalue weighted by Crippen LogP contribution is -2.37. The summed E-state index contributed by atoms with van der Waals surface area (Å²) in [5, 5.41) is 2.87. The molecule has 190 valence electrons. The van der Waals surface area contributed by atoms with E-state index in [0.717, 1.165) is 57.7 Å². The van der Waals surface area contributed by atoms with Crippen molar-refractivity contribution in [2.75, 3.05) is 44.2 Å². The van der Waals surface area contributed by atoms with Gasteiger partial charge in [0.2, 0.25) is 5.43 Å². The van der Waals surface area contributed by atoms with Crippen molar-refractivity contribution in [1.29, 1.82) is 0 Å².